The van der Waals surface area contributed by atoms with Crippen LogP contribution in [0, 0.1) is 0 Å². The van der Waals surface area contributed by atoms with Gasteiger partial charge in [0.15, 0.2) is 0 Å². The highest BCUT2D eigenvalue weighted by atomic mass is 16.5. The number of rotatable bonds is 4. The molecule has 1 aromatic rings. The average molecular weight is 181 g/mol. The van der Waals surface area contributed by atoms with Crippen molar-refractivity contribution in [2.45, 2.75) is 13.0 Å². The van der Waals surface area contributed by atoms with Gasteiger partial charge in [0.25, 0.3) is 0 Å². The number of hydrogen-bond donors (Lipinski definition) is 1. The minimum atomic E-state index is 0.0635. The fraction of sp³-hybridized carbons (Fsp3) is 0.400. The molecule has 0 unspecified atom stereocenters. The number of anilines is 1. The molecule has 0 spiro atoms. The highest BCUT2D eigenvalue weighted by Crippen LogP contribution is 2.14. The summed E-state index contributed by atoms with van der Waals surface area (Å²) in [7, 11) is 1.66. The number of benzene rings is 1. The molecule has 72 valence electrons. The average Bonchev–Trinajstić information content (AvgIpc) is 2.09. The molecule has 0 fully saturated rings. The molecule has 0 radical (unpaired) electrons. The second-order valence-corrected chi connectivity index (χ2v) is 2.95. The number of ether oxygens (including phenoxy) is 2. The first kappa shape index (κ1) is 9.86. The SMILES string of the molecule is COC[C@H](C)Oc1ccc(N)cc1. The molecule has 3 heteroatoms. The largest absolute Gasteiger partial charge is 0.488 e. The third-order valence-corrected chi connectivity index (χ3v) is 1.62. The smallest absolute Gasteiger partial charge is 0.119 e. The molecule has 0 aliphatic heterocycles. The molecular formula is C10H15NO2. The van der Waals surface area contributed by atoms with Crippen LogP contribution >= 0.6 is 0 Å². The van der Waals surface area contributed by atoms with Crippen LogP contribution in [0.15, 0.2) is 24.3 Å². The summed E-state index contributed by atoms with van der Waals surface area (Å²) in [6.45, 7) is 2.55. The van der Waals surface area contributed by atoms with Crippen LogP contribution in [-0.4, -0.2) is 19.8 Å². The van der Waals surface area contributed by atoms with Gasteiger partial charge in [-0.25, -0.2) is 0 Å². The second kappa shape index (κ2) is 4.72. The Balaban J connectivity index is 2.49. The zero-order valence-electron chi connectivity index (χ0n) is 7.99. The quantitative estimate of drug-likeness (QED) is 0.719. The van der Waals surface area contributed by atoms with Crippen LogP contribution in [0.25, 0.3) is 0 Å². The maximum absolute atomic E-state index is 5.54. The van der Waals surface area contributed by atoms with Crippen molar-refractivity contribution in [2.24, 2.45) is 0 Å². The van der Waals surface area contributed by atoms with Crippen molar-refractivity contribution >= 4 is 5.69 Å². The molecule has 0 saturated carbocycles. The normalized spacial score (nSPS) is 12.5. The molecule has 0 aromatic heterocycles. The minimum Gasteiger partial charge on any atom is -0.488 e. The second-order valence-electron chi connectivity index (χ2n) is 2.95. The molecule has 0 aliphatic rings. The van der Waals surface area contributed by atoms with Crippen molar-refractivity contribution in [2.75, 3.05) is 19.5 Å². The Bertz CT molecular complexity index is 246. The highest BCUT2D eigenvalue weighted by Gasteiger charge is 2.01. The van der Waals surface area contributed by atoms with Gasteiger partial charge in [-0.15, -0.1) is 0 Å². The Morgan fingerprint density at radius 1 is 1.31 bits per heavy atom. The summed E-state index contributed by atoms with van der Waals surface area (Å²) in [5.41, 5.74) is 6.28. The van der Waals surface area contributed by atoms with Gasteiger partial charge in [-0.2, -0.15) is 0 Å². The first-order valence-electron chi connectivity index (χ1n) is 4.23. The summed E-state index contributed by atoms with van der Waals surface area (Å²) < 4.78 is 10.5. The van der Waals surface area contributed by atoms with E-state index in [2.05, 4.69) is 0 Å². The maximum atomic E-state index is 5.54. The number of methoxy groups -OCH3 is 1. The molecule has 2 N–H and O–H groups in total. The van der Waals surface area contributed by atoms with E-state index in [1.54, 1.807) is 7.11 Å². The summed E-state index contributed by atoms with van der Waals surface area (Å²) in [6.07, 6.45) is 0.0635. The van der Waals surface area contributed by atoms with E-state index >= 15 is 0 Å². The molecule has 0 heterocycles. The summed E-state index contributed by atoms with van der Waals surface area (Å²) in [4.78, 5) is 0. The molecule has 1 atom stereocenters. The minimum absolute atomic E-state index is 0.0635. The predicted octanol–water partition coefficient (Wildman–Crippen LogP) is 1.68. The Morgan fingerprint density at radius 3 is 2.46 bits per heavy atom. The molecule has 0 aliphatic carbocycles. The molecule has 0 bridgehead atoms. The van der Waals surface area contributed by atoms with Crippen molar-refractivity contribution in [3.05, 3.63) is 24.3 Å². The number of nitrogens with two attached hydrogens (primary N) is 1. The van der Waals surface area contributed by atoms with Crippen molar-refractivity contribution in [1.29, 1.82) is 0 Å². The first-order valence-corrected chi connectivity index (χ1v) is 4.23. The molecule has 1 rings (SSSR count). The van der Waals surface area contributed by atoms with Crippen molar-refractivity contribution in [3.8, 4) is 5.75 Å². The maximum Gasteiger partial charge on any atom is 0.119 e. The summed E-state index contributed by atoms with van der Waals surface area (Å²) >= 11 is 0. The van der Waals surface area contributed by atoms with Crippen LogP contribution in [0.4, 0.5) is 5.69 Å². The Kier molecular flexibility index (Phi) is 3.58. The molecule has 3 nitrogen and oxygen atoms in total. The van der Waals surface area contributed by atoms with Gasteiger partial charge in [-0.05, 0) is 31.2 Å². The monoisotopic (exact) mass is 181 g/mol. The zero-order chi connectivity index (χ0) is 9.68. The topological polar surface area (TPSA) is 44.5 Å². The highest BCUT2D eigenvalue weighted by molar-refractivity contribution is 5.41. The number of nitrogen functional groups attached to an aromatic ring is 1. The molecule has 0 saturated heterocycles. The molecule has 0 amide bonds. The Morgan fingerprint density at radius 2 is 1.92 bits per heavy atom. The zero-order valence-corrected chi connectivity index (χ0v) is 7.99. The Labute approximate surface area is 78.5 Å². The fourth-order valence-corrected chi connectivity index (χ4v) is 1.05. The van der Waals surface area contributed by atoms with Crippen LogP contribution in [-0.2, 0) is 4.74 Å². The molecule has 13 heavy (non-hydrogen) atoms. The van der Waals surface area contributed by atoms with E-state index in [1.807, 2.05) is 31.2 Å². The lowest BCUT2D eigenvalue weighted by molar-refractivity contribution is 0.0921. The van der Waals surface area contributed by atoms with Crippen LogP contribution in [0.5, 0.6) is 5.75 Å². The van der Waals surface area contributed by atoms with Crippen LogP contribution in [0.3, 0.4) is 0 Å². The van der Waals surface area contributed by atoms with Gasteiger partial charge < -0.3 is 15.2 Å². The lowest BCUT2D eigenvalue weighted by atomic mass is 10.3. The van der Waals surface area contributed by atoms with Crippen molar-refractivity contribution < 1.29 is 9.47 Å². The number of hydrogen-bond acceptors (Lipinski definition) is 3. The van der Waals surface area contributed by atoms with E-state index in [-0.39, 0.29) is 6.10 Å². The van der Waals surface area contributed by atoms with Gasteiger partial charge in [-0.3, -0.25) is 0 Å². The molecule has 1 aromatic carbocycles. The third kappa shape index (κ3) is 3.34. The third-order valence-electron chi connectivity index (χ3n) is 1.62. The van der Waals surface area contributed by atoms with Gasteiger partial charge in [-0.1, -0.05) is 0 Å². The van der Waals surface area contributed by atoms with E-state index in [4.69, 9.17) is 15.2 Å². The van der Waals surface area contributed by atoms with Crippen LogP contribution < -0.4 is 10.5 Å². The van der Waals surface area contributed by atoms with Gasteiger partial charge in [0.1, 0.15) is 11.9 Å². The van der Waals surface area contributed by atoms with Crippen molar-refractivity contribution in [3.63, 3.8) is 0 Å². The lowest BCUT2D eigenvalue weighted by Gasteiger charge is -2.13. The summed E-state index contributed by atoms with van der Waals surface area (Å²) in [6, 6.07) is 7.33. The Hall–Kier alpha value is -1.22. The summed E-state index contributed by atoms with van der Waals surface area (Å²) in [5.74, 6) is 0.818. The standard InChI is InChI=1S/C10H15NO2/c1-8(7-12-2)13-10-5-3-9(11)4-6-10/h3-6,8H,7,11H2,1-2H3/t8-/m0/s1. The first-order chi connectivity index (χ1) is 6.22. The van der Waals surface area contributed by atoms with E-state index in [0.29, 0.717) is 6.61 Å². The van der Waals surface area contributed by atoms with Crippen LogP contribution in [0.1, 0.15) is 6.92 Å². The van der Waals surface area contributed by atoms with E-state index < -0.39 is 0 Å². The lowest BCUT2D eigenvalue weighted by Crippen LogP contribution is -2.17. The van der Waals surface area contributed by atoms with Crippen molar-refractivity contribution in [1.82, 2.24) is 0 Å². The van der Waals surface area contributed by atoms with Gasteiger partial charge >= 0.3 is 0 Å². The van der Waals surface area contributed by atoms with Gasteiger partial charge in [0, 0.05) is 12.8 Å². The van der Waals surface area contributed by atoms with Crippen LogP contribution in [0.2, 0.25) is 0 Å². The van der Waals surface area contributed by atoms with E-state index in [0.717, 1.165) is 11.4 Å². The summed E-state index contributed by atoms with van der Waals surface area (Å²) in [5, 5.41) is 0. The van der Waals surface area contributed by atoms with Gasteiger partial charge in [0.2, 0.25) is 0 Å². The van der Waals surface area contributed by atoms with E-state index in [9.17, 15) is 0 Å². The predicted molar refractivity (Wildman–Crippen MR) is 52.8 cm³/mol. The fourth-order valence-electron chi connectivity index (χ4n) is 1.05. The molecular weight excluding hydrogens is 166 g/mol. The van der Waals surface area contributed by atoms with Gasteiger partial charge in [0.05, 0.1) is 6.61 Å². The van der Waals surface area contributed by atoms with E-state index in [1.165, 1.54) is 0 Å².